The Morgan fingerprint density at radius 3 is 1.34 bits per heavy atom. The Morgan fingerprint density at radius 2 is 0.874 bits per heavy atom. The number of hydrogen-bond donors (Lipinski definition) is 6. The second-order valence-electron chi connectivity index (χ2n) is 21.5. The van der Waals surface area contributed by atoms with Gasteiger partial charge in [-0.25, -0.2) is 31.1 Å². The van der Waals surface area contributed by atoms with Crippen LogP contribution in [0.1, 0.15) is 80.6 Å². The van der Waals surface area contributed by atoms with Crippen LogP contribution in [-0.2, 0) is 48.0 Å². The maximum atomic E-state index is 14.1. The minimum atomic E-state index is -1.12. The van der Waals surface area contributed by atoms with Crippen molar-refractivity contribution < 1.29 is 43.2 Å². The molecule has 0 aromatic heterocycles. The molecule has 87 heavy (non-hydrogen) atoms. The number of rotatable bonds is 6. The second-order valence-corrected chi connectivity index (χ2v) is 21.5. The number of nitrogens with one attached hydrogen (secondary N) is 6. The van der Waals surface area contributed by atoms with Crippen molar-refractivity contribution >= 4 is 71.9 Å². The van der Waals surface area contributed by atoms with Crippen LogP contribution < -0.4 is 32.2 Å². The molecule has 22 heteroatoms. The molecule has 2 unspecified atom stereocenters. The average Bonchev–Trinajstić information content (AvgIpc) is 3.48. The Labute approximate surface area is 502 Å². The van der Waals surface area contributed by atoms with E-state index in [9.17, 15) is 43.2 Å². The average molecular weight is 1170 g/mol. The Morgan fingerprint density at radius 1 is 0.437 bits per heavy atom. The lowest BCUT2D eigenvalue weighted by Crippen LogP contribution is -2.55. The lowest BCUT2D eigenvalue weighted by Gasteiger charge is -2.29. The van der Waals surface area contributed by atoms with E-state index in [1.807, 2.05) is 91.0 Å². The number of carbonyl (C=O) groups is 9. The second kappa shape index (κ2) is 28.3. The molecule has 0 radical (unpaired) electrons. The number of fused-ring (bicyclic) bond motifs is 2. The van der Waals surface area contributed by atoms with E-state index in [0.717, 1.165) is 16.7 Å². The number of amides is 10. The first-order chi connectivity index (χ1) is 42.3. The predicted molar refractivity (Wildman–Crippen MR) is 323 cm³/mol. The summed E-state index contributed by atoms with van der Waals surface area (Å²) in [4.78, 5) is 129. The van der Waals surface area contributed by atoms with E-state index < -0.39 is 89.4 Å². The molecule has 444 valence electrons. The molecule has 7 aliphatic heterocycles. The summed E-state index contributed by atoms with van der Waals surface area (Å²) in [6.45, 7) is 1.02. The Bertz CT molecular complexity index is 3570. The monoisotopic (exact) mass is 1170 g/mol. The summed E-state index contributed by atoms with van der Waals surface area (Å²) in [7, 11) is 0. The molecule has 0 spiro atoms. The highest BCUT2D eigenvalue weighted by atomic mass is 16.2. The molecular formula is C65H65N13O9. The minimum Gasteiger partial charge on any atom is -0.342 e. The zero-order valence-corrected chi connectivity index (χ0v) is 47.5. The van der Waals surface area contributed by atoms with E-state index in [-0.39, 0.29) is 50.0 Å². The number of allylic oxidation sites excluding steroid dienone is 1. The summed E-state index contributed by atoms with van der Waals surface area (Å²) in [5.41, 5.74) is 14.7. The number of carbonyl (C=O) groups excluding carboxylic acids is 9. The lowest BCUT2D eigenvalue weighted by atomic mass is 10.0. The maximum absolute atomic E-state index is 14.1. The van der Waals surface area contributed by atoms with Crippen LogP contribution in [0.15, 0.2) is 184 Å². The van der Waals surface area contributed by atoms with Gasteiger partial charge in [0.15, 0.2) is 0 Å². The van der Waals surface area contributed by atoms with E-state index >= 15 is 0 Å². The number of urea groups is 1. The summed E-state index contributed by atoms with van der Waals surface area (Å²) in [6.07, 6.45) is 11.7. The first kappa shape index (κ1) is 59.6. The highest BCUT2D eigenvalue weighted by molar-refractivity contribution is 6.02. The maximum Gasteiger partial charge on any atom is 0.336 e. The molecule has 22 nitrogen and oxygen atoms in total. The largest absolute Gasteiger partial charge is 0.342 e. The number of nitrogens with zero attached hydrogens (tertiary/aromatic N) is 7. The van der Waals surface area contributed by atoms with Crippen LogP contribution in [0.25, 0.3) is 0 Å². The fraction of sp³-hybridized carbons (Fsp3) is 0.277. The molecule has 13 rings (SSSR count). The van der Waals surface area contributed by atoms with Gasteiger partial charge in [-0.05, 0) is 96.3 Å². The zero-order valence-electron chi connectivity index (χ0n) is 47.5. The van der Waals surface area contributed by atoms with Crippen LogP contribution in [-0.4, -0.2) is 148 Å². The fourth-order valence-corrected chi connectivity index (χ4v) is 10.9. The normalized spacial score (nSPS) is 22.8. The molecule has 5 aromatic rings. The van der Waals surface area contributed by atoms with Gasteiger partial charge >= 0.3 is 6.03 Å². The zero-order chi connectivity index (χ0) is 60.7. The molecule has 6 atom stereocenters. The van der Waals surface area contributed by atoms with Gasteiger partial charge in [-0.2, -0.15) is 15.3 Å². The highest BCUT2D eigenvalue weighted by Crippen LogP contribution is 2.24. The summed E-state index contributed by atoms with van der Waals surface area (Å²) in [5.74, 6) is -4.65. The molecule has 6 N–H and O–H groups in total. The molecular weight excluding hydrogens is 1110 g/mol. The predicted octanol–water partition coefficient (Wildman–Crippen LogP) is 4.10. The van der Waals surface area contributed by atoms with Crippen LogP contribution in [0, 0.1) is 5.92 Å². The minimum absolute atomic E-state index is 0.0970. The van der Waals surface area contributed by atoms with Crippen molar-refractivity contribution in [2.24, 2.45) is 21.2 Å². The Kier molecular flexibility index (Phi) is 19.4. The molecule has 5 aromatic carbocycles. The van der Waals surface area contributed by atoms with Gasteiger partial charge < -0.3 is 25.8 Å². The standard InChI is InChI=1S/C65H65N13O9/c79-57-52(37-43-13-4-1-5-14-43)69-60(82)55-19-11-34-76(55)63(85)50-29-23-47(24-30-50)41-68-74-59(81)54(39-45-17-8-3-9-18-45)71-65(87)78-36-12-35-77(78)64(86)51-31-25-48(26-32-51)42-67-73-58(80)53(38-44-15-6-2-7-16-44)70-61(83)56-20-10-33-75(56)62(84)49-27-21-46(22-28-49)40-66-72-57/h1-9,13-18,21-27,29-32,40-42,46,52-56H,10-12,19-20,33-39H2,(H,69,82)(H,70,83)(H,71,87)(H,72,79)(H,73,80)(H,74,81)/t46?,52?,53-,54-,55-,56-/m0/s1. The van der Waals surface area contributed by atoms with Crippen molar-refractivity contribution in [3.8, 4) is 0 Å². The van der Waals surface area contributed by atoms with Crippen LogP contribution >= 0.6 is 0 Å². The van der Waals surface area contributed by atoms with Gasteiger partial charge in [0.1, 0.15) is 30.2 Å². The van der Waals surface area contributed by atoms with Crippen molar-refractivity contribution in [3.05, 3.63) is 208 Å². The molecule has 8 aliphatic rings. The van der Waals surface area contributed by atoms with Crippen molar-refractivity contribution in [2.75, 3.05) is 26.2 Å². The van der Waals surface area contributed by atoms with Gasteiger partial charge in [-0.15, -0.1) is 5.73 Å². The summed E-state index contributed by atoms with van der Waals surface area (Å²) < 4.78 is 0. The Hall–Kier alpha value is -10.6. The topological polar surface area (TPSA) is 276 Å². The van der Waals surface area contributed by atoms with Crippen molar-refractivity contribution in [1.82, 2.24) is 52.0 Å². The van der Waals surface area contributed by atoms with Crippen LogP contribution in [0.5, 0.6) is 0 Å². The first-order valence-electron chi connectivity index (χ1n) is 28.9. The van der Waals surface area contributed by atoms with Gasteiger partial charge in [0.2, 0.25) is 11.8 Å². The highest BCUT2D eigenvalue weighted by Gasteiger charge is 2.39. The summed E-state index contributed by atoms with van der Waals surface area (Å²) in [6, 6.07) is 34.5. The van der Waals surface area contributed by atoms with Gasteiger partial charge in [0.25, 0.3) is 35.4 Å². The number of hydrazone groups is 3. The van der Waals surface area contributed by atoms with Crippen molar-refractivity contribution in [1.29, 1.82) is 0 Å². The summed E-state index contributed by atoms with van der Waals surface area (Å²) in [5, 5.41) is 23.7. The van der Waals surface area contributed by atoms with E-state index in [0.29, 0.717) is 55.3 Å². The van der Waals surface area contributed by atoms with Gasteiger partial charge in [0, 0.05) is 68.7 Å². The van der Waals surface area contributed by atoms with E-state index in [1.54, 1.807) is 66.8 Å². The van der Waals surface area contributed by atoms with Gasteiger partial charge in [0.05, 0.1) is 18.0 Å². The first-order valence-corrected chi connectivity index (χ1v) is 28.9. The smallest absolute Gasteiger partial charge is 0.336 e. The van der Waals surface area contributed by atoms with E-state index in [4.69, 9.17) is 0 Å². The molecule has 1 aliphatic carbocycles. The third kappa shape index (κ3) is 15.2. The SMILES string of the molecule is O=C1NN=CC2C=C=C(C=C2)C(=O)N2CCC[C@H]2C(=O)N[C@@H](Cc2ccccc2)C(=O)NN=Cc2ccc(cc2)C(=O)N2CCCN2C(=O)N[C@@H](Cc2ccccc2)C(=O)NN=Cc2ccc(cc2)C(=O)N2CCC[C@H]2C(=O)NC1Cc1ccccc1. The van der Waals surface area contributed by atoms with E-state index in [1.165, 1.54) is 38.5 Å². The van der Waals surface area contributed by atoms with Crippen molar-refractivity contribution in [2.45, 2.75) is 81.6 Å². The molecule has 6 bridgehead atoms. The molecule has 0 saturated carbocycles. The van der Waals surface area contributed by atoms with Crippen molar-refractivity contribution in [3.63, 3.8) is 0 Å². The third-order valence-electron chi connectivity index (χ3n) is 15.5. The van der Waals surface area contributed by atoms with Crippen LogP contribution in [0.4, 0.5) is 4.79 Å². The van der Waals surface area contributed by atoms with Gasteiger partial charge in [-0.3, -0.25) is 38.4 Å². The number of hydrazine groups is 1. The number of hydrogen-bond acceptors (Lipinski definition) is 12. The molecule has 10 amide bonds. The molecule has 3 fully saturated rings. The fourth-order valence-electron chi connectivity index (χ4n) is 10.9. The quantitative estimate of drug-likeness (QED) is 0.133. The van der Waals surface area contributed by atoms with Crippen LogP contribution in [0.3, 0.4) is 0 Å². The number of benzene rings is 5. The van der Waals surface area contributed by atoms with Crippen LogP contribution in [0.2, 0.25) is 0 Å². The lowest BCUT2D eigenvalue weighted by molar-refractivity contribution is -0.137. The van der Waals surface area contributed by atoms with E-state index in [2.05, 4.69) is 53.3 Å². The molecule has 3 saturated heterocycles. The Balaban J connectivity index is 0.894. The van der Waals surface area contributed by atoms with Gasteiger partial charge in [-0.1, -0.05) is 121 Å². The molecule has 7 heterocycles. The summed E-state index contributed by atoms with van der Waals surface area (Å²) >= 11 is 0. The third-order valence-corrected chi connectivity index (χ3v) is 15.5.